The highest BCUT2D eigenvalue weighted by Crippen LogP contribution is 2.25. The number of rotatable bonds is 4. The lowest BCUT2D eigenvalue weighted by Crippen LogP contribution is -2.24. The predicted octanol–water partition coefficient (Wildman–Crippen LogP) is 2.53. The quantitative estimate of drug-likeness (QED) is 0.784. The van der Waals surface area contributed by atoms with Gasteiger partial charge in [0.2, 0.25) is 0 Å². The van der Waals surface area contributed by atoms with Crippen LogP contribution < -0.4 is 9.47 Å². The molecule has 0 aromatic heterocycles. The Hall–Kier alpha value is -1.92. The maximum absolute atomic E-state index is 11.9. The first-order valence-electron chi connectivity index (χ1n) is 4.92. The Morgan fingerprint density at radius 2 is 1.67 bits per heavy atom. The summed E-state index contributed by atoms with van der Waals surface area (Å²) in [7, 11) is 1.21. The van der Waals surface area contributed by atoms with E-state index in [4.69, 9.17) is 4.74 Å². The predicted molar refractivity (Wildman–Crippen MR) is 55.2 cm³/mol. The van der Waals surface area contributed by atoms with E-state index >= 15 is 0 Å². The molecule has 18 heavy (non-hydrogen) atoms. The number of hydrogen-bond donors (Lipinski definition) is 0. The molecular weight excluding hydrogens is 253 g/mol. The molecule has 4 nitrogen and oxygen atoms in total. The van der Waals surface area contributed by atoms with Crippen LogP contribution in [-0.4, -0.2) is 25.5 Å². The van der Waals surface area contributed by atoms with Crippen molar-refractivity contribution in [1.82, 2.24) is 0 Å². The number of carbonyl (C=O) groups excluding carboxylic acids is 1. The van der Waals surface area contributed by atoms with Crippen molar-refractivity contribution in [3.8, 4) is 11.5 Å². The lowest BCUT2D eigenvalue weighted by atomic mass is 10.3. The number of alkyl halides is 3. The fraction of sp³-hybridized carbons (Fsp3) is 0.364. The molecule has 0 radical (unpaired) electrons. The average molecular weight is 264 g/mol. The van der Waals surface area contributed by atoms with Crippen LogP contribution in [0.25, 0.3) is 0 Å². The van der Waals surface area contributed by atoms with Gasteiger partial charge in [-0.3, -0.25) is 0 Å². The molecule has 0 N–H and O–H groups in total. The highest BCUT2D eigenvalue weighted by Gasteiger charge is 2.31. The average Bonchev–Trinajstić information content (AvgIpc) is 2.28. The Bertz CT molecular complexity index is 400. The first-order valence-corrected chi connectivity index (χ1v) is 4.92. The van der Waals surface area contributed by atoms with Crippen molar-refractivity contribution in [2.75, 3.05) is 7.11 Å². The largest absolute Gasteiger partial charge is 0.573 e. The van der Waals surface area contributed by atoms with Crippen LogP contribution in [-0.2, 0) is 9.53 Å². The minimum absolute atomic E-state index is 0.238. The summed E-state index contributed by atoms with van der Waals surface area (Å²) in [6, 6.07) is 4.71. The van der Waals surface area contributed by atoms with Gasteiger partial charge in [-0.2, -0.15) is 0 Å². The minimum Gasteiger partial charge on any atom is -0.479 e. The minimum atomic E-state index is -4.73. The molecule has 0 aliphatic rings. The second kappa shape index (κ2) is 5.61. The zero-order valence-electron chi connectivity index (χ0n) is 9.65. The third-order valence-electron chi connectivity index (χ3n) is 1.90. The molecule has 0 fully saturated rings. The van der Waals surface area contributed by atoms with Gasteiger partial charge < -0.3 is 14.2 Å². The first-order chi connectivity index (χ1) is 8.31. The molecule has 1 unspecified atom stereocenters. The van der Waals surface area contributed by atoms with E-state index in [0.29, 0.717) is 0 Å². The Labute approximate surface area is 101 Å². The molecule has 0 saturated carbocycles. The molecule has 0 amide bonds. The molecule has 100 valence electrons. The number of esters is 1. The third kappa shape index (κ3) is 4.52. The van der Waals surface area contributed by atoms with Gasteiger partial charge in [0.1, 0.15) is 11.5 Å². The van der Waals surface area contributed by atoms with Crippen molar-refractivity contribution in [1.29, 1.82) is 0 Å². The van der Waals surface area contributed by atoms with Crippen LogP contribution in [0.2, 0.25) is 0 Å². The Kier molecular flexibility index (Phi) is 4.41. The maximum Gasteiger partial charge on any atom is 0.573 e. The third-order valence-corrected chi connectivity index (χ3v) is 1.90. The van der Waals surface area contributed by atoms with Crippen LogP contribution in [0.15, 0.2) is 24.3 Å². The molecule has 1 aromatic carbocycles. The summed E-state index contributed by atoms with van der Waals surface area (Å²) in [5.74, 6) is -0.700. The van der Waals surface area contributed by atoms with Crippen LogP contribution in [0.3, 0.4) is 0 Å². The standard InChI is InChI=1S/C11H11F3O4/c1-7(10(15)16-2)17-8-3-5-9(6-4-8)18-11(12,13)14/h3-7H,1-2H3. The molecule has 0 heterocycles. The van der Waals surface area contributed by atoms with Crippen LogP contribution >= 0.6 is 0 Å². The van der Waals surface area contributed by atoms with Gasteiger partial charge in [0.25, 0.3) is 0 Å². The van der Waals surface area contributed by atoms with Gasteiger partial charge in [-0.25, -0.2) is 4.79 Å². The number of hydrogen-bond acceptors (Lipinski definition) is 4. The van der Waals surface area contributed by atoms with Gasteiger partial charge in [0.15, 0.2) is 6.10 Å². The van der Waals surface area contributed by atoms with Crippen molar-refractivity contribution in [3.63, 3.8) is 0 Å². The van der Waals surface area contributed by atoms with Gasteiger partial charge in [-0.15, -0.1) is 13.2 Å². The summed E-state index contributed by atoms with van der Waals surface area (Å²) < 4.78 is 48.9. The van der Waals surface area contributed by atoms with Crippen LogP contribution in [0.1, 0.15) is 6.92 Å². The van der Waals surface area contributed by atoms with E-state index in [2.05, 4.69) is 9.47 Å². The Morgan fingerprint density at radius 3 is 2.11 bits per heavy atom. The summed E-state index contributed by atoms with van der Waals surface area (Å²) >= 11 is 0. The topological polar surface area (TPSA) is 44.8 Å². The lowest BCUT2D eigenvalue weighted by molar-refractivity contribution is -0.274. The van der Waals surface area contributed by atoms with Gasteiger partial charge in [0, 0.05) is 0 Å². The molecule has 1 rings (SSSR count). The number of methoxy groups -OCH3 is 1. The van der Waals surface area contributed by atoms with E-state index in [0.717, 1.165) is 12.1 Å². The fourth-order valence-corrected chi connectivity index (χ4v) is 1.14. The zero-order valence-corrected chi connectivity index (χ0v) is 9.65. The summed E-state index contributed by atoms with van der Waals surface area (Å²) in [5.41, 5.74) is 0. The number of halogens is 3. The highest BCUT2D eigenvalue weighted by atomic mass is 19.4. The summed E-state index contributed by atoms with van der Waals surface area (Å²) in [4.78, 5) is 11.1. The molecule has 1 aromatic rings. The zero-order chi connectivity index (χ0) is 13.8. The molecule has 1 atom stereocenters. The van der Waals surface area contributed by atoms with E-state index < -0.39 is 18.4 Å². The van der Waals surface area contributed by atoms with E-state index in [1.54, 1.807) is 0 Å². The number of ether oxygens (including phenoxy) is 3. The monoisotopic (exact) mass is 264 g/mol. The molecule has 7 heteroatoms. The van der Waals surface area contributed by atoms with Crippen molar-refractivity contribution < 1.29 is 32.2 Å². The SMILES string of the molecule is COC(=O)C(C)Oc1ccc(OC(F)(F)F)cc1. The van der Waals surface area contributed by atoms with E-state index in [-0.39, 0.29) is 11.5 Å². The van der Waals surface area contributed by atoms with E-state index in [1.165, 1.54) is 26.2 Å². The van der Waals surface area contributed by atoms with Gasteiger partial charge in [0.05, 0.1) is 7.11 Å². The van der Waals surface area contributed by atoms with E-state index in [1.807, 2.05) is 0 Å². The smallest absolute Gasteiger partial charge is 0.479 e. The fourth-order valence-electron chi connectivity index (χ4n) is 1.14. The van der Waals surface area contributed by atoms with Gasteiger partial charge in [-0.1, -0.05) is 0 Å². The first kappa shape index (κ1) is 14.1. The van der Waals surface area contributed by atoms with E-state index in [9.17, 15) is 18.0 Å². The van der Waals surface area contributed by atoms with Gasteiger partial charge in [-0.05, 0) is 31.2 Å². The second-order valence-corrected chi connectivity index (χ2v) is 3.30. The summed E-state index contributed by atoms with van der Waals surface area (Å²) in [5, 5.41) is 0. The van der Waals surface area contributed by atoms with Gasteiger partial charge >= 0.3 is 12.3 Å². The van der Waals surface area contributed by atoms with Crippen LogP contribution in [0.4, 0.5) is 13.2 Å². The van der Waals surface area contributed by atoms with Crippen LogP contribution in [0, 0.1) is 0 Å². The Balaban J connectivity index is 2.63. The molecule has 0 spiro atoms. The normalized spacial score (nSPS) is 12.7. The highest BCUT2D eigenvalue weighted by molar-refractivity contribution is 5.74. The maximum atomic E-state index is 11.9. The van der Waals surface area contributed by atoms with Crippen molar-refractivity contribution in [2.24, 2.45) is 0 Å². The molecule has 0 aliphatic carbocycles. The molecule has 0 aliphatic heterocycles. The Morgan fingerprint density at radius 1 is 1.17 bits per heavy atom. The van der Waals surface area contributed by atoms with Crippen LogP contribution in [0.5, 0.6) is 11.5 Å². The number of carbonyl (C=O) groups is 1. The number of benzene rings is 1. The molecule has 0 saturated heterocycles. The summed E-state index contributed by atoms with van der Waals surface area (Å²) in [6.45, 7) is 1.46. The molecular formula is C11H11F3O4. The van der Waals surface area contributed by atoms with Crippen molar-refractivity contribution >= 4 is 5.97 Å². The molecule has 0 bridgehead atoms. The van der Waals surface area contributed by atoms with Crippen molar-refractivity contribution in [2.45, 2.75) is 19.4 Å². The second-order valence-electron chi connectivity index (χ2n) is 3.30. The van der Waals surface area contributed by atoms with Crippen molar-refractivity contribution in [3.05, 3.63) is 24.3 Å². The lowest BCUT2D eigenvalue weighted by Gasteiger charge is -2.13. The summed E-state index contributed by atoms with van der Waals surface area (Å²) in [6.07, 6.45) is -5.58.